The Bertz CT molecular complexity index is 367. The van der Waals surface area contributed by atoms with E-state index in [1.54, 1.807) is 5.43 Å². The molecule has 0 radical (unpaired) electrons. The topological polar surface area (TPSA) is 38.0 Å². The van der Waals surface area contributed by atoms with E-state index in [4.69, 9.17) is 5.84 Å². The molecule has 0 heterocycles. The first kappa shape index (κ1) is 13.4. The van der Waals surface area contributed by atoms with Crippen molar-refractivity contribution >= 4 is 15.9 Å². The molecule has 1 rings (SSSR count). The molecule has 0 fully saturated rings. The molecular formula is C9H9BrF4N2. The maximum absolute atomic E-state index is 13.2. The van der Waals surface area contributed by atoms with Crippen molar-refractivity contribution in [3.8, 4) is 0 Å². The third kappa shape index (κ3) is 3.43. The highest BCUT2D eigenvalue weighted by molar-refractivity contribution is 9.10. The van der Waals surface area contributed by atoms with E-state index in [1.165, 1.54) is 12.1 Å². The maximum Gasteiger partial charge on any atom is 0.405 e. The summed E-state index contributed by atoms with van der Waals surface area (Å²) in [6.07, 6.45) is -5.06. The number of hydrazine groups is 1. The van der Waals surface area contributed by atoms with E-state index in [1.807, 2.05) is 0 Å². The first-order valence-electron chi connectivity index (χ1n) is 4.31. The third-order valence-corrected chi connectivity index (χ3v) is 2.52. The van der Waals surface area contributed by atoms with Gasteiger partial charge in [-0.2, -0.15) is 13.2 Å². The number of rotatable bonds is 3. The van der Waals surface area contributed by atoms with Crippen LogP contribution < -0.4 is 11.3 Å². The summed E-state index contributed by atoms with van der Waals surface area (Å²) < 4.78 is 50.8. The molecule has 2 nitrogen and oxygen atoms in total. The van der Waals surface area contributed by atoms with E-state index in [2.05, 4.69) is 15.9 Å². The van der Waals surface area contributed by atoms with Gasteiger partial charge in [-0.15, -0.1) is 0 Å². The van der Waals surface area contributed by atoms with Gasteiger partial charge in [0.1, 0.15) is 11.9 Å². The molecule has 0 aliphatic carbocycles. The van der Waals surface area contributed by atoms with Gasteiger partial charge in [-0.1, -0.05) is 15.9 Å². The molecule has 0 bridgehead atoms. The molecule has 1 aromatic carbocycles. The largest absolute Gasteiger partial charge is 0.405 e. The first-order chi connectivity index (χ1) is 7.34. The average molecular weight is 301 g/mol. The molecule has 0 spiro atoms. The summed E-state index contributed by atoms with van der Waals surface area (Å²) in [5.41, 5.74) is 1.58. The van der Waals surface area contributed by atoms with Gasteiger partial charge in [0.25, 0.3) is 0 Å². The molecule has 0 saturated heterocycles. The maximum atomic E-state index is 13.2. The molecule has 0 saturated carbocycles. The molecule has 7 heteroatoms. The van der Waals surface area contributed by atoms with Gasteiger partial charge >= 0.3 is 6.18 Å². The number of halogens is 5. The van der Waals surface area contributed by atoms with Crippen LogP contribution in [-0.4, -0.2) is 12.2 Å². The number of nitrogens with one attached hydrogen (secondary N) is 1. The van der Waals surface area contributed by atoms with Crippen LogP contribution in [0.1, 0.15) is 5.56 Å². The lowest BCUT2D eigenvalue weighted by Crippen LogP contribution is -2.47. The summed E-state index contributed by atoms with van der Waals surface area (Å²) in [6, 6.07) is 1.85. The Morgan fingerprint density at radius 3 is 2.50 bits per heavy atom. The monoisotopic (exact) mass is 300 g/mol. The minimum atomic E-state index is -4.51. The van der Waals surface area contributed by atoms with Gasteiger partial charge in [0.05, 0.1) is 0 Å². The van der Waals surface area contributed by atoms with Crippen molar-refractivity contribution in [1.29, 1.82) is 0 Å². The molecule has 0 aliphatic rings. The lowest BCUT2D eigenvalue weighted by molar-refractivity contribution is -0.155. The molecule has 0 aromatic heterocycles. The molecule has 3 N–H and O–H groups in total. The van der Waals surface area contributed by atoms with Crippen LogP contribution in [-0.2, 0) is 6.42 Å². The summed E-state index contributed by atoms with van der Waals surface area (Å²) in [4.78, 5) is 0. The quantitative estimate of drug-likeness (QED) is 0.511. The van der Waals surface area contributed by atoms with Crippen molar-refractivity contribution < 1.29 is 17.6 Å². The zero-order chi connectivity index (χ0) is 12.3. The molecule has 0 amide bonds. The van der Waals surface area contributed by atoms with Crippen molar-refractivity contribution in [3.63, 3.8) is 0 Å². The summed E-state index contributed by atoms with van der Waals surface area (Å²) in [5, 5.41) is 0. The Balaban J connectivity index is 2.90. The fourth-order valence-electron chi connectivity index (χ4n) is 1.19. The van der Waals surface area contributed by atoms with E-state index < -0.39 is 24.5 Å². The van der Waals surface area contributed by atoms with Gasteiger partial charge in [0.15, 0.2) is 0 Å². The number of nitrogens with two attached hydrogens (primary N) is 1. The van der Waals surface area contributed by atoms with Gasteiger partial charge in [-0.25, -0.2) is 9.82 Å². The van der Waals surface area contributed by atoms with Crippen LogP contribution in [0.4, 0.5) is 17.6 Å². The Hall–Kier alpha value is -0.660. The van der Waals surface area contributed by atoms with E-state index in [9.17, 15) is 17.6 Å². The predicted molar refractivity (Wildman–Crippen MR) is 55.0 cm³/mol. The molecule has 1 atom stereocenters. The van der Waals surface area contributed by atoms with Gasteiger partial charge in [0, 0.05) is 10.9 Å². The second-order valence-corrected chi connectivity index (χ2v) is 4.12. The Labute approximate surface area is 97.9 Å². The molecule has 0 aliphatic heterocycles. The van der Waals surface area contributed by atoms with Crippen molar-refractivity contribution in [1.82, 2.24) is 5.43 Å². The van der Waals surface area contributed by atoms with E-state index in [-0.39, 0.29) is 5.56 Å². The van der Waals surface area contributed by atoms with Crippen LogP contribution in [0.2, 0.25) is 0 Å². The second kappa shape index (κ2) is 5.11. The van der Waals surface area contributed by atoms with E-state index in [0.29, 0.717) is 4.47 Å². The molecule has 16 heavy (non-hydrogen) atoms. The van der Waals surface area contributed by atoms with Crippen LogP contribution in [0.25, 0.3) is 0 Å². The zero-order valence-corrected chi connectivity index (χ0v) is 9.57. The average Bonchev–Trinajstić information content (AvgIpc) is 2.17. The zero-order valence-electron chi connectivity index (χ0n) is 7.98. The SMILES string of the molecule is NNC(Cc1cc(Br)ccc1F)C(F)(F)F. The van der Waals surface area contributed by atoms with Crippen molar-refractivity contribution in [2.45, 2.75) is 18.6 Å². The fraction of sp³-hybridized carbons (Fsp3) is 0.333. The highest BCUT2D eigenvalue weighted by Gasteiger charge is 2.39. The van der Waals surface area contributed by atoms with Gasteiger partial charge in [0.2, 0.25) is 0 Å². The second-order valence-electron chi connectivity index (χ2n) is 3.20. The first-order valence-corrected chi connectivity index (χ1v) is 5.10. The molecule has 1 aromatic rings. The third-order valence-electron chi connectivity index (χ3n) is 2.03. The number of alkyl halides is 3. The minimum absolute atomic E-state index is 0.0466. The van der Waals surface area contributed by atoms with Crippen molar-refractivity contribution in [3.05, 3.63) is 34.1 Å². The van der Waals surface area contributed by atoms with Crippen LogP contribution in [0.15, 0.2) is 22.7 Å². The Morgan fingerprint density at radius 2 is 2.00 bits per heavy atom. The molecule has 90 valence electrons. The van der Waals surface area contributed by atoms with Crippen LogP contribution in [0.3, 0.4) is 0 Å². The van der Waals surface area contributed by atoms with Crippen LogP contribution in [0.5, 0.6) is 0 Å². The van der Waals surface area contributed by atoms with E-state index in [0.717, 1.165) is 6.07 Å². The number of benzene rings is 1. The van der Waals surface area contributed by atoms with Crippen LogP contribution >= 0.6 is 15.9 Å². The minimum Gasteiger partial charge on any atom is -0.271 e. The van der Waals surface area contributed by atoms with Gasteiger partial charge in [-0.3, -0.25) is 5.84 Å². The molecule has 1 unspecified atom stereocenters. The van der Waals surface area contributed by atoms with Gasteiger partial charge < -0.3 is 0 Å². The predicted octanol–water partition coefficient (Wildman–Crippen LogP) is 2.52. The highest BCUT2D eigenvalue weighted by Crippen LogP contribution is 2.24. The Kier molecular flexibility index (Phi) is 4.28. The fourth-order valence-corrected chi connectivity index (χ4v) is 1.60. The molecular weight excluding hydrogens is 292 g/mol. The number of hydrogen-bond donors (Lipinski definition) is 2. The van der Waals surface area contributed by atoms with Crippen molar-refractivity contribution in [2.24, 2.45) is 5.84 Å². The summed E-state index contributed by atoms with van der Waals surface area (Å²) in [7, 11) is 0. The number of hydrogen-bond acceptors (Lipinski definition) is 2. The highest BCUT2D eigenvalue weighted by atomic mass is 79.9. The van der Waals surface area contributed by atoms with Crippen molar-refractivity contribution in [2.75, 3.05) is 0 Å². The lowest BCUT2D eigenvalue weighted by Gasteiger charge is -2.19. The summed E-state index contributed by atoms with van der Waals surface area (Å²) >= 11 is 3.06. The van der Waals surface area contributed by atoms with E-state index >= 15 is 0 Å². The summed E-state index contributed by atoms with van der Waals surface area (Å²) in [6.45, 7) is 0. The Morgan fingerprint density at radius 1 is 1.38 bits per heavy atom. The van der Waals surface area contributed by atoms with Gasteiger partial charge in [-0.05, 0) is 23.8 Å². The lowest BCUT2D eigenvalue weighted by atomic mass is 10.1. The van der Waals surface area contributed by atoms with Crippen LogP contribution in [0, 0.1) is 5.82 Å². The normalized spacial score (nSPS) is 13.9. The summed E-state index contributed by atoms with van der Waals surface area (Å²) in [5.74, 6) is 4.10. The standard InChI is InChI=1S/C9H9BrF4N2/c10-6-1-2-7(11)5(3-6)4-8(16-15)9(12,13)14/h1-3,8,16H,4,15H2. The smallest absolute Gasteiger partial charge is 0.271 e.